The van der Waals surface area contributed by atoms with Gasteiger partial charge in [0, 0.05) is 4.47 Å². The lowest BCUT2D eigenvalue weighted by molar-refractivity contribution is 0.414. The van der Waals surface area contributed by atoms with E-state index in [9.17, 15) is 0 Å². The van der Waals surface area contributed by atoms with Crippen molar-refractivity contribution >= 4 is 27.5 Å². The molecule has 0 aliphatic carbocycles. The molecular weight excluding hydrogens is 324 g/mol. The molecule has 1 atom stereocenters. The van der Waals surface area contributed by atoms with E-state index in [0.717, 1.165) is 16.6 Å². The first-order valence-corrected chi connectivity index (χ1v) is 7.36. The lowest BCUT2D eigenvalue weighted by Gasteiger charge is -2.13. The molecule has 0 aromatic heterocycles. The summed E-state index contributed by atoms with van der Waals surface area (Å²) in [5.74, 6) is 0.870. The maximum atomic E-state index is 6.53. The van der Waals surface area contributed by atoms with Crippen molar-refractivity contribution in [2.75, 3.05) is 7.11 Å². The predicted molar refractivity (Wildman–Crippen MR) is 84.2 cm³/mol. The van der Waals surface area contributed by atoms with Crippen molar-refractivity contribution in [3.8, 4) is 5.75 Å². The first-order chi connectivity index (χ1) is 9.10. The summed E-state index contributed by atoms with van der Waals surface area (Å²) in [6, 6.07) is 14.3. The number of hydrogen-bond donors (Lipinski definition) is 0. The monoisotopic (exact) mass is 338 g/mol. The van der Waals surface area contributed by atoms with Crippen LogP contribution in [-0.2, 0) is 6.42 Å². The standard InChI is InChI=1S/C16H16BrClO/c1-11-9-13(17)5-8-15(11)16(18)10-12-3-6-14(19-2)7-4-12/h3-9,16H,10H2,1-2H3. The van der Waals surface area contributed by atoms with Crippen molar-refractivity contribution < 1.29 is 4.74 Å². The molecule has 2 aromatic carbocycles. The highest BCUT2D eigenvalue weighted by molar-refractivity contribution is 9.10. The second-order valence-electron chi connectivity index (χ2n) is 4.52. The van der Waals surface area contributed by atoms with Gasteiger partial charge in [0.15, 0.2) is 0 Å². The normalized spacial score (nSPS) is 12.2. The van der Waals surface area contributed by atoms with Gasteiger partial charge < -0.3 is 4.74 Å². The topological polar surface area (TPSA) is 9.23 Å². The van der Waals surface area contributed by atoms with Crippen LogP contribution in [0.1, 0.15) is 22.1 Å². The molecular formula is C16H16BrClO. The molecule has 2 aromatic rings. The lowest BCUT2D eigenvalue weighted by Crippen LogP contribution is -1.98. The van der Waals surface area contributed by atoms with Crippen LogP contribution in [0.2, 0.25) is 0 Å². The quantitative estimate of drug-likeness (QED) is 0.688. The molecule has 0 saturated carbocycles. The summed E-state index contributed by atoms with van der Waals surface area (Å²) in [6.45, 7) is 2.09. The van der Waals surface area contributed by atoms with Gasteiger partial charge in [0.2, 0.25) is 0 Å². The molecule has 0 spiro atoms. The van der Waals surface area contributed by atoms with Gasteiger partial charge in [-0.05, 0) is 54.3 Å². The summed E-state index contributed by atoms with van der Waals surface area (Å²) >= 11 is 10.00. The number of aryl methyl sites for hydroxylation is 1. The number of benzene rings is 2. The molecule has 0 saturated heterocycles. The molecule has 19 heavy (non-hydrogen) atoms. The van der Waals surface area contributed by atoms with E-state index in [0.29, 0.717) is 0 Å². The SMILES string of the molecule is COc1ccc(CC(Cl)c2ccc(Br)cc2C)cc1. The van der Waals surface area contributed by atoms with Crippen LogP contribution < -0.4 is 4.74 Å². The highest BCUT2D eigenvalue weighted by Crippen LogP contribution is 2.29. The molecule has 0 radical (unpaired) electrons. The zero-order chi connectivity index (χ0) is 13.8. The molecule has 0 heterocycles. The van der Waals surface area contributed by atoms with Crippen LogP contribution in [0.5, 0.6) is 5.75 Å². The van der Waals surface area contributed by atoms with Gasteiger partial charge in [-0.25, -0.2) is 0 Å². The summed E-state index contributed by atoms with van der Waals surface area (Å²) < 4.78 is 6.24. The first kappa shape index (κ1) is 14.4. The van der Waals surface area contributed by atoms with Crippen LogP contribution in [0.3, 0.4) is 0 Å². The van der Waals surface area contributed by atoms with Gasteiger partial charge >= 0.3 is 0 Å². The molecule has 0 bridgehead atoms. The minimum atomic E-state index is -0.0125. The van der Waals surface area contributed by atoms with Crippen LogP contribution in [0.4, 0.5) is 0 Å². The minimum Gasteiger partial charge on any atom is -0.497 e. The Morgan fingerprint density at radius 3 is 2.42 bits per heavy atom. The number of ether oxygens (including phenoxy) is 1. The summed E-state index contributed by atoms with van der Waals surface area (Å²) in [7, 11) is 1.67. The molecule has 0 aliphatic rings. The molecule has 0 amide bonds. The molecule has 0 aliphatic heterocycles. The van der Waals surface area contributed by atoms with Crippen molar-refractivity contribution in [2.45, 2.75) is 18.7 Å². The molecule has 2 rings (SSSR count). The lowest BCUT2D eigenvalue weighted by atomic mass is 10.00. The maximum absolute atomic E-state index is 6.53. The van der Waals surface area contributed by atoms with Gasteiger partial charge in [-0.3, -0.25) is 0 Å². The number of methoxy groups -OCH3 is 1. The molecule has 100 valence electrons. The van der Waals surface area contributed by atoms with Crippen molar-refractivity contribution in [3.63, 3.8) is 0 Å². The number of halogens is 2. The van der Waals surface area contributed by atoms with Crippen molar-refractivity contribution in [2.24, 2.45) is 0 Å². The van der Waals surface area contributed by atoms with Gasteiger partial charge in [0.25, 0.3) is 0 Å². The zero-order valence-electron chi connectivity index (χ0n) is 11.0. The Bertz CT molecular complexity index is 551. The summed E-state index contributed by atoms with van der Waals surface area (Å²) in [5.41, 5.74) is 3.60. The molecule has 1 unspecified atom stereocenters. The Labute approximate surface area is 127 Å². The van der Waals surface area contributed by atoms with Gasteiger partial charge in [-0.15, -0.1) is 11.6 Å². The fourth-order valence-corrected chi connectivity index (χ4v) is 2.97. The number of alkyl halides is 1. The van der Waals surface area contributed by atoms with Crippen LogP contribution in [0, 0.1) is 6.92 Å². The minimum absolute atomic E-state index is 0.0125. The Balaban J connectivity index is 2.13. The van der Waals surface area contributed by atoms with E-state index in [1.807, 2.05) is 18.2 Å². The third-order valence-electron chi connectivity index (χ3n) is 3.14. The Morgan fingerprint density at radius 2 is 1.84 bits per heavy atom. The van der Waals surface area contributed by atoms with E-state index in [1.54, 1.807) is 7.11 Å². The average molecular weight is 340 g/mol. The summed E-state index contributed by atoms with van der Waals surface area (Å²) in [6.07, 6.45) is 0.814. The Kier molecular flexibility index (Phi) is 4.89. The zero-order valence-corrected chi connectivity index (χ0v) is 13.3. The average Bonchev–Trinajstić information content (AvgIpc) is 2.39. The van der Waals surface area contributed by atoms with Gasteiger partial charge in [0.05, 0.1) is 12.5 Å². The summed E-state index contributed by atoms with van der Waals surface area (Å²) in [4.78, 5) is 0. The molecule has 1 nitrogen and oxygen atoms in total. The Hall–Kier alpha value is -0.990. The fourth-order valence-electron chi connectivity index (χ4n) is 2.07. The van der Waals surface area contributed by atoms with E-state index in [1.165, 1.54) is 16.7 Å². The number of hydrogen-bond acceptors (Lipinski definition) is 1. The highest BCUT2D eigenvalue weighted by Gasteiger charge is 2.11. The van der Waals surface area contributed by atoms with Crippen LogP contribution >= 0.6 is 27.5 Å². The molecule has 3 heteroatoms. The van der Waals surface area contributed by atoms with Gasteiger partial charge in [-0.1, -0.05) is 34.1 Å². The van der Waals surface area contributed by atoms with Crippen molar-refractivity contribution in [1.29, 1.82) is 0 Å². The summed E-state index contributed by atoms with van der Waals surface area (Å²) in [5, 5.41) is -0.0125. The van der Waals surface area contributed by atoms with Crippen LogP contribution in [0.25, 0.3) is 0 Å². The van der Waals surface area contributed by atoms with Crippen molar-refractivity contribution in [3.05, 3.63) is 63.6 Å². The third kappa shape index (κ3) is 3.74. The third-order valence-corrected chi connectivity index (χ3v) is 4.03. The van der Waals surface area contributed by atoms with Gasteiger partial charge in [-0.2, -0.15) is 0 Å². The molecule has 0 N–H and O–H groups in total. The largest absolute Gasteiger partial charge is 0.497 e. The smallest absolute Gasteiger partial charge is 0.118 e. The van der Waals surface area contributed by atoms with Crippen LogP contribution in [0.15, 0.2) is 46.9 Å². The van der Waals surface area contributed by atoms with Crippen LogP contribution in [-0.4, -0.2) is 7.11 Å². The van der Waals surface area contributed by atoms with Gasteiger partial charge in [0.1, 0.15) is 5.75 Å². The first-order valence-electron chi connectivity index (χ1n) is 6.13. The van der Waals surface area contributed by atoms with E-state index in [2.05, 4.69) is 47.1 Å². The van der Waals surface area contributed by atoms with Crippen molar-refractivity contribution in [1.82, 2.24) is 0 Å². The predicted octanol–water partition coefficient (Wildman–Crippen LogP) is 5.29. The second kappa shape index (κ2) is 6.44. The Morgan fingerprint density at radius 1 is 1.16 bits per heavy atom. The van der Waals surface area contributed by atoms with E-state index < -0.39 is 0 Å². The maximum Gasteiger partial charge on any atom is 0.118 e. The van der Waals surface area contributed by atoms with E-state index in [4.69, 9.17) is 16.3 Å². The molecule has 0 fully saturated rings. The fraction of sp³-hybridized carbons (Fsp3) is 0.250. The number of rotatable bonds is 4. The van der Waals surface area contributed by atoms with E-state index in [-0.39, 0.29) is 5.38 Å². The highest BCUT2D eigenvalue weighted by atomic mass is 79.9. The van der Waals surface area contributed by atoms with E-state index >= 15 is 0 Å². The second-order valence-corrected chi connectivity index (χ2v) is 5.96.